The molecule has 1 heterocycles. The van der Waals surface area contributed by atoms with Gasteiger partial charge in [0.15, 0.2) is 0 Å². The van der Waals surface area contributed by atoms with Crippen LogP contribution >= 0.6 is 11.6 Å². The number of nitrogens with zero attached hydrogens (tertiary/aromatic N) is 1. The van der Waals surface area contributed by atoms with Gasteiger partial charge in [-0.15, -0.1) is 0 Å². The van der Waals surface area contributed by atoms with Crippen LogP contribution in [-0.2, 0) is 21.2 Å². The zero-order chi connectivity index (χ0) is 21.6. The predicted octanol–water partition coefficient (Wildman–Crippen LogP) is 3.50. The van der Waals surface area contributed by atoms with Gasteiger partial charge in [-0.05, 0) is 67.6 Å². The molecule has 0 saturated carbocycles. The summed E-state index contributed by atoms with van der Waals surface area (Å²) in [6.07, 6.45) is 2.99. The van der Waals surface area contributed by atoms with Crippen LogP contribution < -0.4 is 10.1 Å². The molecule has 162 valence electrons. The van der Waals surface area contributed by atoms with Gasteiger partial charge in [0.05, 0.1) is 17.9 Å². The number of nitrogens with one attached hydrogen (secondary N) is 1. The van der Waals surface area contributed by atoms with Crippen molar-refractivity contribution in [2.75, 3.05) is 26.7 Å². The van der Waals surface area contributed by atoms with Gasteiger partial charge in [0, 0.05) is 24.7 Å². The van der Waals surface area contributed by atoms with E-state index in [4.69, 9.17) is 16.3 Å². The molecule has 1 aliphatic rings. The molecule has 8 heteroatoms. The minimum absolute atomic E-state index is 0.0864. The SMILES string of the molecule is COc1cccc(CCCNC(=O)[C@H]2CCCN(S(=O)(=O)c3ccc(Cl)cc3)C2)c1. The number of benzene rings is 2. The summed E-state index contributed by atoms with van der Waals surface area (Å²) in [6, 6.07) is 14.0. The fourth-order valence-electron chi connectivity index (χ4n) is 3.61. The van der Waals surface area contributed by atoms with Gasteiger partial charge in [0.2, 0.25) is 15.9 Å². The largest absolute Gasteiger partial charge is 0.497 e. The molecular formula is C22H27ClN2O4S. The molecule has 0 aliphatic carbocycles. The Morgan fingerprint density at radius 3 is 2.73 bits per heavy atom. The van der Waals surface area contributed by atoms with Crippen molar-refractivity contribution in [3.63, 3.8) is 0 Å². The second kappa shape index (κ2) is 10.3. The number of aryl methyl sites for hydroxylation is 1. The van der Waals surface area contributed by atoms with Crippen LogP contribution in [0.1, 0.15) is 24.8 Å². The molecule has 3 rings (SSSR count). The lowest BCUT2D eigenvalue weighted by Gasteiger charge is -2.31. The van der Waals surface area contributed by atoms with Crippen molar-refractivity contribution >= 4 is 27.5 Å². The number of carbonyl (C=O) groups excluding carboxylic acids is 1. The lowest BCUT2D eigenvalue weighted by atomic mass is 9.99. The number of carbonyl (C=O) groups is 1. The van der Waals surface area contributed by atoms with Crippen molar-refractivity contribution in [1.29, 1.82) is 0 Å². The van der Waals surface area contributed by atoms with Crippen LogP contribution in [-0.4, -0.2) is 45.4 Å². The molecule has 2 aromatic rings. The van der Waals surface area contributed by atoms with E-state index in [1.54, 1.807) is 19.2 Å². The summed E-state index contributed by atoms with van der Waals surface area (Å²) in [7, 11) is -1.99. The highest BCUT2D eigenvalue weighted by molar-refractivity contribution is 7.89. The maximum Gasteiger partial charge on any atom is 0.243 e. The molecule has 2 aromatic carbocycles. The first-order valence-electron chi connectivity index (χ1n) is 10.1. The monoisotopic (exact) mass is 450 g/mol. The minimum Gasteiger partial charge on any atom is -0.497 e. The first-order valence-corrected chi connectivity index (χ1v) is 11.9. The van der Waals surface area contributed by atoms with Gasteiger partial charge in [-0.2, -0.15) is 4.31 Å². The van der Waals surface area contributed by atoms with E-state index in [-0.39, 0.29) is 23.3 Å². The van der Waals surface area contributed by atoms with E-state index in [1.807, 2.05) is 24.3 Å². The van der Waals surface area contributed by atoms with E-state index in [0.29, 0.717) is 31.0 Å². The third-order valence-electron chi connectivity index (χ3n) is 5.28. The second-order valence-corrected chi connectivity index (χ2v) is 9.78. The first-order chi connectivity index (χ1) is 14.4. The van der Waals surface area contributed by atoms with Gasteiger partial charge in [-0.25, -0.2) is 8.42 Å². The maximum atomic E-state index is 12.9. The van der Waals surface area contributed by atoms with Crippen molar-refractivity contribution in [2.24, 2.45) is 5.92 Å². The fraction of sp³-hybridized carbons (Fsp3) is 0.409. The normalized spacial score (nSPS) is 17.5. The molecule has 6 nitrogen and oxygen atoms in total. The highest BCUT2D eigenvalue weighted by Crippen LogP contribution is 2.25. The maximum absolute atomic E-state index is 12.9. The Balaban J connectivity index is 1.50. The van der Waals surface area contributed by atoms with E-state index in [0.717, 1.165) is 24.2 Å². The number of hydrogen-bond donors (Lipinski definition) is 1. The summed E-state index contributed by atoms with van der Waals surface area (Å²) in [5.41, 5.74) is 1.15. The third kappa shape index (κ3) is 5.74. The standard InChI is InChI=1S/C22H27ClN2O4S/c1-29-20-8-2-5-17(15-20)6-3-13-24-22(26)18-7-4-14-25(16-18)30(27,28)21-11-9-19(23)10-12-21/h2,5,8-12,15,18H,3-4,6-7,13-14,16H2,1H3,(H,24,26)/t18-/m0/s1. The van der Waals surface area contributed by atoms with Crippen molar-refractivity contribution < 1.29 is 17.9 Å². The summed E-state index contributed by atoms with van der Waals surface area (Å²) in [4.78, 5) is 12.8. The van der Waals surface area contributed by atoms with Gasteiger partial charge in [-0.1, -0.05) is 23.7 Å². The smallest absolute Gasteiger partial charge is 0.243 e. The Labute approximate surface area is 183 Å². The van der Waals surface area contributed by atoms with Gasteiger partial charge in [0.1, 0.15) is 5.75 Å². The molecular weight excluding hydrogens is 424 g/mol. The summed E-state index contributed by atoms with van der Waals surface area (Å²) < 4.78 is 32.4. The van der Waals surface area contributed by atoms with E-state index >= 15 is 0 Å². The fourth-order valence-corrected chi connectivity index (χ4v) is 5.26. The molecule has 0 unspecified atom stereocenters. The Morgan fingerprint density at radius 1 is 1.23 bits per heavy atom. The van der Waals surface area contributed by atoms with Gasteiger partial charge < -0.3 is 10.1 Å². The number of methoxy groups -OCH3 is 1. The van der Waals surface area contributed by atoms with Crippen LogP contribution in [0.5, 0.6) is 5.75 Å². The number of halogens is 1. The number of rotatable bonds is 8. The van der Waals surface area contributed by atoms with Crippen LogP contribution in [0, 0.1) is 5.92 Å². The molecule has 0 aromatic heterocycles. The third-order valence-corrected chi connectivity index (χ3v) is 7.41. The zero-order valence-electron chi connectivity index (χ0n) is 17.0. The summed E-state index contributed by atoms with van der Waals surface area (Å²) in [6.45, 7) is 1.17. The van der Waals surface area contributed by atoms with E-state index in [1.165, 1.54) is 16.4 Å². The number of amides is 1. The molecule has 0 radical (unpaired) electrons. The lowest BCUT2D eigenvalue weighted by molar-refractivity contribution is -0.126. The van der Waals surface area contributed by atoms with Gasteiger partial charge in [0.25, 0.3) is 0 Å². The van der Waals surface area contributed by atoms with Gasteiger partial charge >= 0.3 is 0 Å². The Morgan fingerprint density at radius 2 is 2.00 bits per heavy atom. The average Bonchev–Trinajstić information content (AvgIpc) is 2.77. The first kappa shape index (κ1) is 22.6. The molecule has 30 heavy (non-hydrogen) atoms. The van der Waals surface area contributed by atoms with Crippen LogP contribution in [0.4, 0.5) is 0 Å². The quantitative estimate of drug-likeness (QED) is 0.624. The summed E-state index contributed by atoms with van der Waals surface area (Å²) in [5, 5.41) is 3.45. The van der Waals surface area contributed by atoms with Crippen LogP contribution in [0.3, 0.4) is 0 Å². The summed E-state index contributed by atoms with van der Waals surface area (Å²) >= 11 is 5.86. The second-order valence-electron chi connectivity index (χ2n) is 7.40. The molecule has 0 spiro atoms. The molecule has 1 aliphatic heterocycles. The van der Waals surface area contributed by atoms with E-state index in [9.17, 15) is 13.2 Å². The van der Waals surface area contributed by atoms with Gasteiger partial charge in [-0.3, -0.25) is 4.79 Å². The molecule has 0 bridgehead atoms. The number of ether oxygens (including phenoxy) is 1. The Hall–Kier alpha value is -2.09. The Kier molecular flexibility index (Phi) is 7.75. The molecule has 1 atom stereocenters. The summed E-state index contributed by atoms with van der Waals surface area (Å²) in [5.74, 6) is 0.398. The van der Waals surface area contributed by atoms with Crippen LogP contribution in [0.25, 0.3) is 0 Å². The van der Waals surface area contributed by atoms with Crippen molar-refractivity contribution in [3.05, 3.63) is 59.1 Å². The van der Waals surface area contributed by atoms with Crippen molar-refractivity contribution in [1.82, 2.24) is 9.62 Å². The molecule has 1 amide bonds. The number of hydrogen-bond acceptors (Lipinski definition) is 4. The highest BCUT2D eigenvalue weighted by atomic mass is 35.5. The molecule has 1 fully saturated rings. The van der Waals surface area contributed by atoms with Crippen molar-refractivity contribution in [3.8, 4) is 5.75 Å². The average molecular weight is 451 g/mol. The van der Waals surface area contributed by atoms with Crippen LogP contribution in [0.15, 0.2) is 53.4 Å². The zero-order valence-corrected chi connectivity index (χ0v) is 18.6. The number of piperidine rings is 1. The topological polar surface area (TPSA) is 75.7 Å². The van der Waals surface area contributed by atoms with E-state index in [2.05, 4.69) is 5.32 Å². The minimum atomic E-state index is -3.63. The number of sulfonamides is 1. The van der Waals surface area contributed by atoms with Crippen LogP contribution in [0.2, 0.25) is 5.02 Å². The highest BCUT2D eigenvalue weighted by Gasteiger charge is 2.33. The Bertz CT molecular complexity index is 963. The lowest BCUT2D eigenvalue weighted by Crippen LogP contribution is -2.45. The molecule has 1 N–H and O–H groups in total. The van der Waals surface area contributed by atoms with E-state index < -0.39 is 10.0 Å². The van der Waals surface area contributed by atoms with Crippen molar-refractivity contribution in [2.45, 2.75) is 30.6 Å². The predicted molar refractivity (Wildman–Crippen MR) is 117 cm³/mol. The molecule has 1 saturated heterocycles.